The number of nitrogens with zero attached hydrogens (tertiary/aromatic N) is 2. The Balaban J connectivity index is 0.000000847. The standard InChI is InChI=1S/C17H20N2S.CH3Cl/c1-13(18(2)3)12-19-14-8-4-6-10-16(14)20-17-11-7-5-9-15(17)19;1-2/h4-11,13H,12H2,1-3H3;1H3. The Hall–Kier alpha value is -1.16. The van der Waals surface area contributed by atoms with Crippen molar-refractivity contribution in [2.75, 3.05) is 31.9 Å². The van der Waals surface area contributed by atoms with Crippen LogP contribution in [0.4, 0.5) is 11.4 Å². The van der Waals surface area contributed by atoms with E-state index in [1.54, 1.807) is 0 Å². The van der Waals surface area contributed by atoms with Crippen molar-refractivity contribution in [1.82, 2.24) is 4.90 Å². The fourth-order valence-electron chi connectivity index (χ4n) is 2.41. The van der Waals surface area contributed by atoms with Crippen LogP contribution < -0.4 is 4.90 Å². The Kier molecular flexibility index (Phi) is 6.18. The number of hydrogen-bond donors (Lipinski definition) is 0. The fourth-order valence-corrected chi connectivity index (χ4v) is 3.50. The summed E-state index contributed by atoms with van der Waals surface area (Å²) in [6.07, 6.45) is 1.47. The summed E-state index contributed by atoms with van der Waals surface area (Å²) in [6, 6.07) is 17.9. The largest absolute Gasteiger partial charge is 0.338 e. The van der Waals surface area contributed by atoms with Crippen molar-refractivity contribution >= 4 is 34.7 Å². The molecule has 2 aromatic rings. The van der Waals surface area contributed by atoms with E-state index in [2.05, 4.69) is 91.0 Å². The molecule has 0 saturated heterocycles. The highest BCUT2D eigenvalue weighted by molar-refractivity contribution is 7.99. The minimum absolute atomic E-state index is 0.499. The summed E-state index contributed by atoms with van der Waals surface area (Å²) in [7, 11) is 4.28. The summed E-state index contributed by atoms with van der Waals surface area (Å²) in [5, 5.41) is 0. The molecule has 1 aliphatic heterocycles. The van der Waals surface area contributed by atoms with Crippen LogP contribution in [-0.4, -0.2) is 38.0 Å². The third-order valence-electron chi connectivity index (χ3n) is 3.86. The summed E-state index contributed by atoms with van der Waals surface area (Å²) in [5.41, 5.74) is 2.65. The second-order valence-corrected chi connectivity index (χ2v) is 6.54. The number of halogens is 1. The predicted molar refractivity (Wildman–Crippen MR) is 98.9 cm³/mol. The quantitative estimate of drug-likeness (QED) is 0.721. The van der Waals surface area contributed by atoms with E-state index in [1.807, 2.05) is 11.8 Å². The molecule has 0 aromatic heterocycles. The number of rotatable bonds is 3. The molecule has 0 radical (unpaired) electrons. The van der Waals surface area contributed by atoms with Crippen molar-refractivity contribution < 1.29 is 0 Å². The number of alkyl halides is 1. The maximum absolute atomic E-state index is 4.64. The third kappa shape index (κ3) is 3.60. The zero-order chi connectivity index (χ0) is 16.1. The normalized spacial score (nSPS) is 13.8. The molecule has 1 aliphatic rings. The predicted octanol–water partition coefficient (Wildman–Crippen LogP) is 5.09. The zero-order valence-electron chi connectivity index (χ0n) is 13.6. The van der Waals surface area contributed by atoms with E-state index in [0.29, 0.717) is 6.04 Å². The molecule has 0 aliphatic carbocycles. The van der Waals surface area contributed by atoms with E-state index < -0.39 is 0 Å². The van der Waals surface area contributed by atoms with E-state index in [-0.39, 0.29) is 0 Å². The smallest absolute Gasteiger partial charge is 0.0553 e. The van der Waals surface area contributed by atoms with Gasteiger partial charge in [0.1, 0.15) is 0 Å². The van der Waals surface area contributed by atoms with Gasteiger partial charge in [-0.25, -0.2) is 0 Å². The first kappa shape index (κ1) is 17.2. The number of hydrogen-bond acceptors (Lipinski definition) is 3. The molecular formula is C18H23ClN2S. The lowest BCUT2D eigenvalue weighted by Gasteiger charge is -2.36. The highest BCUT2D eigenvalue weighted by Crippen LogP contribution is 2.47. The highest BCUT2D eigenvalue weighted by atomic mass is 35.5. The molecule has 0 spiro atoms. The van der Waals surface area contributed by atoms with Gasteiger partial charge >= 0.3 is 0 Å². The lowest BCUT2D eigenvalue weighted by atomic mass is 10.2. The summed E-state index contributed by atoms with van der Waals surface area (Å²) >= 11 is 6.51. The van der Waals surface area contributed by atoms with Crippen LogP contribution in [0.1, 0.15) is 6.92 Å². The van der Waals surface area contributed by atoms with Crippen LogP contribution in [0, 0.1) is 0 Å². The van der Waals surface area contributed by atoms with Crippen molar-refractivity contribution in [3.63, 3.8) is 0 Å². The van der Waals surface area contributed by atoms with Crippen LogP contribution >= 0.6 is 23.4 Å². The third-order valence-corrected chi connectivity index (χ3v) is 4.99. The number of likely N-dealkylation sites (N-methyl/N-ethyl adjacent to an activating group) is 1. The summed E-state index contributed by atoms with van der Waals surface area (Å²) in [4.78, 5) is 7.41. The monoisotopic (exact) mass is 334 g/mol. The fraction of sp³-hybridized carbons (Fsp3) is 0.333. The van der Waals surface area contributed by atoms with Gasteiger partial charge in [-0.2, -0.15) is 0 Å². The number of fused-ring (bicyclic) bond motifs is 2. The molecule has 1 atom stereocenters. The first-order chi connectivity index (χ1) is 10.7. The Bertz CT molecular complexity index is 570. The molecule has 0 amide bonds. The van der Waals surface area contributed by atoms with Gasteiger partial charge in [0.25, 0.3) is 0 Å². The van der Waals surface area contributed by atoms with Gasteiger partial charge in [-0.3, -0.25) is 0 Å². The van der Waals surface area contributed by atoms with E-state index in [0.717, 1.165) is 6.54 Å². The number of para-hydroxylation sites is 2. The van der Waals surface area contributed by atoms with Crippen molar-refractivity contribution in [1.29, 1.82) is 0 Å². The van der Waals surface area contributed by atoms with Crippen LogP contribution in [0.3, 0.4) is 0 Å². The molecule has 2 nitrogen and oxygen atoms in total. The Morgan fingerprint density at radius 3 is 1.86 bits per heavy atom. The SMILES string of the molecule is CC(CN1c2ccccc2Sc2ccccc21)N(C)C.CCl. The zero-order valence-corrected chi connectivity index (χ0v) is 15.2. The number of anilines is 2. The van der Waals surface area contributed by atoms with Crippen LogP contribution in [0.5, 0.6) is 0 Å². The van der Waals surface area contributed by atoms with E-state index in [9.17, 15) is 0 Å². The first-order valence-corrected chi connectivity index (χ1v) is 8.92. The second-order valence-electron chi connectivity index (χ2n) is 5.46. The van der Waals surface area contributed by atoms with Gasteiger partial charge in [-0.15, -0.1) is 11.6 Å². The first-order valence-electron chi connectivity index (χ1n) is 7.34. The molecule has 118 valence electrons. The van der Waals surface area contributed by atoms with E-state index >= 15 is 0 Å². The molecule has 4 heteroatoms. The second kappa shape index (κ2) is 7.91. The Morgan fingerprint density at radius 1 is 0.955 bits per heavy atom. The topological polar surface area (TPSA) is 6.48 Å². The van der Waals surface area contributed by atoms with Crippen LogP contribution in [0.25, 0.3) is 0 Å². The average Bonchev–Trinajstić information content (AvgIpc) is 2.56. The van der Waals surface area contributed by atoms with Crippen LogP contribution in [0.2, 0.25) is 0 Å². The van der Waals surface area contributed by atoms with E-state index in [4.69, 9.17) is 0 Å². The highest BCUT2D eigenvalue weighted by Gasteiger charge is 2.24. The summed E-state index contributed by atoms with van der Waals surface area (Å²) < 4.78 is 0. The summed E-state index contributed by atoms with van der Waals surface area (Å²) in [5.74, 6) is 0. The molecule has 0 bridgehead atoms. The van der Waals surface area contributed by atoms with Gasteiger partial charge in [0, 0.05) is 28.8 Å². The maximum atomic E-state index is 4.64. The van der Waals surface area contributed by atoms with Gasteiger partial charge in [-0.05, 0) is 45.3 Å². The lowest BCUT2D eigenvalue weighted by molar-refractivity contribution is 0.319. The van der Waals surface area contributed by atoms with Gasteiger partial charge < -0.3 is 9.80 Å². The van der Waals surface area contributed by atoms with Crippen LogP contribution in [-0.2, 0) is 0 Å². The number of benzene rings is 2. The lowest BCUT2D eigenvalue weighted by Crippen LogP contribution is -2.37. The van der Waals surface area contributed by atoms with Crippen LogP contribution in [0.15, 0.2) is 58.3 Å². The molecule has 3 rings (SSSR count). The molecular weight excluding hydrogens is 312 g/mol. The molecule has 0 fully saturated rings. The van der Waals surface area contributed by atoms with Gasteiger partial charge in [0.05, 0.1) is 11.4 Å². The summed E-state index contributed by atoms with van der Waals surface area (Å²) in [6.45, 7) is 3.27. The molecule has 22 heavy (non-hydrogen) atoms. The van der Waals surface area contributed by atoms with Crippen molar-refractivity contribution in [3.8, 4) is 0 Å². The Morgan fingerprint density at radius 2 is 1.41 bits per heavy atom. The van der Waals surface area contributed by atoms with Gasteiger partial charge in [-0.1, -0.05) is 36.0 Å². The minimum atomic E-state index is 0.499. The van der Waals surface area contributed by atoms with E-state index in [1.165, 1.54) is 27.5 Å². The molecule has 0 saturated carbocycles. The molecule has 0 N–H and O–H groups in total. The molecule has 1 unspecified atom stereocenters. The Labute approximate surface area is 143 Å². The van der Waals surface area contributed by atoms with Gasteiger partial charge in [0.2, 0.25) is 0 Å². The average molecular weight is 335 g/mol. The van der Waals surface area contributed by atoms with Gasteiger partial charge in [0.15, 0.2) is 0 Å². The van der Waals surface area contributed by atoms with Crippen molar-refractivity contribution in [3.05, 3.63) is 48.5 Å². The van der Waals surface area contributed by atoms with Crippen molar-refractivity contribution in [2.45, 2.75) is 22.8 Å². The molecule has 1 heterocycles. The molecule has 2 aromatic carbocycles. The van der Waals surface area contributed by atoms with Crippen molar-refractivity contribution in [2.24, 2.45) is 0 Å². The maximum Gasteiger partial charge on any atom is 0.0553 e. The minimum Gasteiger partial charge on any atom is -0.338 e.